The van der Waals surface area contributed by atoms with Crippen molar-refractivity contribution in [2.75, 3.05) is 10.8 Å². The standard InChI is InChI=1S/C21H18N2O2S/c22-17-19-10-7-13-21(16-19)26(24,25)23(20-11-5-2-6-12-20)15-14-18-8-3-1-4-9-18/h1-13,16H,14-15H2. The molecule has 0 aliphatic rings. The van der Waals surface area contributed by atoms with Gasteiger partial charge in [-0.25, -0.2) is 8.42 Å². The predicted molar refractivity (Wildman–Crippen MR) is 102 cm³/mol. The monoisotopic (exact) mass is 362 g/mol. The van der Waals surface area contributed by atoms with Crippen LogP contribution < -0.4 is 4.31 Å². The minimum absolute atomic E-state index is 0.119. The first kappa shape index (κ1) is 17.7. The van der Waals surface area contributed by atoms with E-state index in [1.54, 1.807) is 24.3 Å². The Bertz CT molecular complexity index is 1010. The van der Waals surface area contributed by atoms with Gasteiger partial charge in [0, 0.05) is 6.54 Å². The molecule has 0 aliphatic carbocycles. The number of nitriles is 1. The third-order valence-electron chi connectivity index (χ3n) is 4.04. The molecule has 26 heavy (non-hydrogen) atoms. The number of benzene rings is 3. The van der Waals surface area contributed by atoms with Crippen LogP contribution in [0.2, 0.25) is 0 Å². The molecule has 5 heteroatoms. The number of anilines is 1. The van der Waals surface area contributed by atoms with Gasteiger partial charge in [-0.15, -0.1) is 0 Å². The number of rotatable bonds is 6. The molecule has 0 bridgehead atoms. The molecular formula is C21H18N2O2S. The lowest BCUT2D eigenvalue weighted by molar-refractivity contribution is 0.590. The van der Waals surface area contributed by atoms with Gasteiger partial charge in [-0.2, -0.15) is 5.26 Å². The number of hydrogen-bond acceptors (Lipinski definition) is 3. The number of nitrogens with zero attached hydrogens (tertiary/aromatic N) is 2. The summed E-state index contributed by atoms with van der Waals surface area (Å²) in [5.41, 5.74) is 1.99. The molecule has 0 unspecified atom stereocenters. The Morgan fingerprint density at radius 3 is 2.15 bits per heavy atom. The van der Waals surface area contributed by atoms with Gasteiger partial charge in [0.1, 0.15) is 0 Å². The first-order valence-electron chi connectivity index (χ1n) is 8.23. The number of para-hydroxylation sites is 1. The molecular weight excluding hydrogens is 344 g/mol. The lowest BCUT2D eigenvalue weighted by Gasteiger charge is -2.24. The quantitative estimate of drug-likeness (QED) is 0.666. The molecule has 0 spiro atoms. The first-order chi connectivity index (χ1) is 12.6. The van der Waals surface area contributed by atoms with E-state index < -0.39 is 10.0 Å². The van der Waals surface area contributed by atoms with Gasteiger partial charge >= 0.3 is 0 Å². The summed E-state index contributed by atoms with van der Waals surface area (Å²) in [4.78, 5) is 0.119. The maximum absolute atomic E-state index is 13.2. The Hall–Kier alpha value is -3.10. The van der Waals surface area contributed by atoms with Crippen molar-refractivity contribution in [1.82, 2.24) is 0 Å². The van der Waals surface area contributed by atoms with Crippen molar-refractivity contribution in [3.8, 4) is 6.07 Å². The second-order valence-corrected chi connectivity index (χ2v) is 7.65. The maximum Gasteiger partial charge on any atom is 0.264 e. The fourth-order valence-corrected chi connectivity index (χ4v) is 4.22. The molecule has 4 nitrogen and oxygen atoms in total. The Labute approximate surface area is 154 Å². The van der Waals surface area contributed by atoms with Crippen LogP contribution in [0.15, 0.2) is 89.8 Å². The molecule has 0 N–H and O–H groups in total. The minimum Gasteiger partial charge on any atom is -0.266 e. The van der Waals surface area contributed by atoms with E-state index in [0.29, 0.717) is 24.2 Å². The summed E-state index contributed by atoms with van der Waals surface area (Å²) in [5, 5.41) is 9.08. The average molecular weight is 362 g/mol. The van der Waals surface area contributed by atoms with Crippen molar-refractivity contribution in [3.63, 3.8) is 0 Å². The average Bonchev–Trinajstić information content (AvgIpc) is 2.69. The van der Waals surface area contributed by atoms with E-state index in [0.717, 1.165) is 5.56 Å². The van der Waals surface area contributed by atoms with Gasteiger partial charge in [0.15, 0.2) is 0 Å². The molecule has 0 heterocycles. The summed E-state index contributed by atoms with van der Waals surface area (Å²) in [7, 11) is -3.77. The van der Waals surface area contributed by atoms with Crippen LogP contribution in [0.3, 0.4) is 0 Å². The van der Waals surface area contributed by atoms with Crippen LogP contribution in [0.4, 0.5) is 5.69 Å². The van der Waals surface area contributed by atoms with Crippen molar-refractivity contribution in [1.29, 1.82) is 5.26 Å². The molecule has 0 radical (unpaired) electrons. The van der Waals surface area contributed by atoms with Crippen molar-refractivity contribution in [2.24, 2.45) is 0 Å². The van der Waals surface area contributed by atoms with Crippen molar-refractivity contribution in [3.05, 3.63) is 96.1 Å². The lowest BCUT2D eigenvalue weighted by Crippen LogP contribution is -2.33. The third-order valence-corrected chi connectivity index (χ3v) is 5.87. The first-order valence-corrected chi connectivity index (χ1v) is 9.67. The van der Waals surface area contributed by atoms with E-state index in [1.165, 1.54) is 16.4 Å². The van der Waals surface area contributed by atoms with Gasteiger partial charge in [-0.1, -0.05) is 54.6 Å². The molecule has 0 fully saturated rings. The molecule has 0 saturated carbocycles. The normalized spacial score (nSPS) is 10.9. The van der Waals surface area contributed by atoms with E-state index in [2.05, 4.69) is 0 Å². The second-order valence-electron chi connectivity index (χ2n) is 5.79. The summed E-state index contributed by atoms with van der Waals surface area (Å²) in [6.45, 7) is 0.313. The highest BCUT2D eigenvalue weighted by Gasteiger charge is 2.25. The van der Waals surface area contributed by atoms with Gasteiger partial charge in [0.2, 0.25) is 0 Å². The number of hydrogen-bond donors (Lipinski definition) is 0. The summed E-state index contributed by atoms with van der Waals surface area (Å²) >= 11 is 0. The SMILES string of the molecule is N#Cc1cccc(S(=O)(=O)N(CCc2ccccc2)c2ccccc2)c1. The summed E-state index contributed by atoms with van der Waals surface area (Å²) in [6, 6.07) is 26.9. The van der Waals surface area contributed by atoms with E-state index in [9.17, 15) is 8.42 Å². The Morgan fingerprint density at radius 1 is 0.846 bits per heavy atom. The summed E-state index contributed by atoms with van der Waals surface area (Å²) in [6.07, 6.45) is 0.590. The Morgan fingerprint density at radius 2 is 1.50 bits per heavy atom. The maximum atomic E-state index is 13.2. The van der Waals surface area contributed by atoms with Crippen LogP contribution in [-0.4, -0.2) is 15.0 Å². The third kappa shape index (κ3) is 3.93. The zero-order valence-corrected chi connectivity index (χ0v) is 14.9. The van der Waals surface area contributed by atoms with Gasteiger partial charge in [-0.3, -0.25) is 4.31 Å². The molecule has 130 valence electrons. The van der Waals surface area contributed by atoms with E-state index in [1.807, 2.05) is 54.6 Å². The zero-order valence-electron chi connectivity index (χ0n) is 14.1. The Kier molecular flexibility index (Phi) is 5.35. The van der Waals surface area contributed by atoms with Crippen molar-refractivity contribution < 1.29 is 8.42 Å². The summed E-state index contributed by atoms with van der Waals surface area (Å²) < 4.78 is 27.9. The van der Waals surface area contributed by atoms with Crippen molar-refractivity contribution >= 4 is 15.7 Å². The Balaban J connectivity index is 1.98. The van der Waals surface area contributed by atoms with Crippen molar-refractivity contribution in [2.45, 2.75) is 11.3 Å². The summed E-state index contributed by atoms with van der Waals surface area (Å²) in [5.74, 6) is 0. The van der Waals surface area contributed by atoms with Crippen LogP contribution in [0.1, 0.15) is 11.1 Å². The highest BCUT2D eigenvalue weighted by Crippen LogP contribution is 2.24. The smallest absolute Gasteiger partial charge is 0.264 e. The van der Waals surface area contributed by atoms with E-state index in [4.69, 9.17) is 5.26 Å². The molecule has 0 aromatic heterocycles. The molecule has 0 saturated heterocycles. The highest BCUT2D eigenvalue weighted by molar-refractivity contribution is 7.92. The van der Waals surface area contributed by atoms with Crippen LogP contribution >= 0.6 is 0 Å². The van der Waals surface area contributed by atoms with Gasteiger partial charge in [0.05, 0.1) is 22.2 Å². The number of sulfonamides is 1. The lowest BCUT2D eigenvalue weighted by atomic mass is 10.1. The van der Waals surface area contributed by atoms with Crippen LogP contribution in [-0.2, 0) is 16.4 Å². The zero-order chi connectivity index (χ0) is 18.4. The second kappa shape index (κ2) is 7.85. The van der Waals surface area contributed by atoms with Crippen LogP contribution in [0.5, 0.6) is 0 Å². The van der Waals surface area contributed by atoms with E-state index >= 15 is 0 Å². The van der Waals surface area contributed by atoms with E-state index in [-0.39, 0.29) is 4.90 Å². The molecule has 0 amide bonds. The van der Waals surface area contributed by atoms with Gasteiger partial charge in [-0.05, 0) is 42.3 Å². The van der Waals surface area contributed by atoms with Gasteiger partial charge in [0.25, 0.3) is 10.0 Å². The molecule has 3 aromatic rings. The molecule has 3 rings (SSSR count). The van der Waals surface area contributed by atoms with Crippen LogP contribution in [0.25, 0.3) is 0 Å². The van der Waals surface area contributed by atoms with Crippen LogP contribution in [0, 0.1) is 11.3 Å². The molecule has 3 aromatic carbocycles. The molecule has 0 atom stereocenters. The largest absolute Gasteiger partial charge is 0.266 e. The predicted octanol–water partition coefficient (Wildman–Crippen LogP) is 4.00. The molecule has 0 aliphatic heterocycles. The minimum atomic E-state index is -3.77. The fraction of sp³-hybridized carbons (Fsp3) is 0.0952. The highest BCUT2D eigenvalue weighted by atomic mass is 32.2. The topological polar surface area (TPSA) is 61.2 Å². The fourth-order valence-electron chi connectivity index (χ4n) is 2.71. The van der Waals surface area contributed by atoms with Gasteiger partial charge < -0.3 is 0 Å².